The third-order valence-electron chi connectivity index (χ3n) is 18.2. The molecule has 9 fully saturated rings. The number of hydrogen-bond donors (Lipinski definition) is 10. The summed E-state index contributed by atoms with van der Waals surface area (Å²) in [5, 5.41) is 110. The van der Waals surface area contributed by atoms with Crippen LogP contribution in [0.5, 0.6) is 0 Å². The van der Waals surface area contributed by atoms with Crippen molar-refractivity contribution in [1.29, 1.82) is 0 Å². The highest BCUT2D eigenvalue weighted by Gasteiger charge is 2.77. The van der Waals surface area contributed by atoms with Gasteiger partial charge in [-0.25, -0.2) is 0 Å². The summed E-state index contributed by atoms with van der Waals surface area (Å²) in [5.41, 5.74) is -2.01. The summed E-state index contributed by atoms with van der Waals surface area (Å²) in [6.45, 7) is 9.84. The van der Waals surface area contributed by atoms with Crippen LogP contribution in [0.15, 0.2) is 0 Å². The lowest BCUT2D eigenvalue weighted by Gasteiger charge is -2.64. The minimum absolute atomic E-state index is 0.0593. The topological polar surface area (TPSA) is 276 Å². The monoisotopic (exact) mass is 888 g/mol. The molecule has 62 heavy (non-hydrogen) atoms. The smallest absolute Gasteiger partial charge is 0.187 e. The van der Waals surface area contributed by atoms with Gasteiger partial charge in [-0.15, -0.1) is 0 Å². The molecule has 0 amide bonds. The van der Waals surface area contributed by atoms with Gasteiger partial charge in [-0.2, -0.15) is 0 Å². The Morgan fingerprint density at radius 1 is 0.661 bits per heavy atom. The third-order valence-corrected chi connectivity index (χ3v) is 18.2. The van der Waals surface area contributed by atoms with Crippen LogP contribution >= 0.6 is 0 Å². The Morgan fingerprint density at radius 3 is 2.10 bits per heavy atom. The molecule has 5 saturated heterocycles. The summed E-state index contributed by atoms with van der Waals surface area (Å²) in [6, 6.07) is 0. The summed E-state index contributed by atoms with van der Waals surface area (Å²) in [6.07, 6.45) is -16.7. The van der Waals surface area contributed by atoms with Crippen molar-refractivity contribution in [3.05, 3.63) is 0 Å². The molecule has 1 spiro atoms. The van der Waals surface area contributed by atoms with Gasteiger partial charge in [-0.3, -0.25) is 0 Å². The fourth-order valence-electron chi connectivity index (χ4n) is 14.4. The molecule has 18 heteroatoms. The average molecular weight is 889 g/mol. The van der Waals surface area contributed by atoms with Crippen molar-refractivity contribution in [2.45, 2.75) is 208 Å². The molecular weight excluding hydrogens is 816 g/mol. The Balaban J connectivity index is 1.01. The predicted octanol–water partition coefficient (Wildman–Crippen LogP) is -0.981. The van der Waals surface area contributed by atoms with Crippen LogP contribution in [0, 0.1) is 46.3 Å². The number of aliphatic hydroxyl groups excluding tert-OH is 9. The molecule has 0 aromatic rings. The first-order chi connectivity index (χ1) is 29.3. The molecule has 0 radical (unpaired) electrons. The molecule has 27 atom stereocenters. The zero-order chi connectivity index (χ0) is 44.4. The van der Waals surface area contributed by atoms with Gasteiger partial charge < -0.3 is 89.0 Å². The third kappa shape index (κ3) is 7.03. The maximum Gasteiger partial charge on any atom is 0.187 e. The van der Waals surface area contributed by atoms with Crippen LogP contribution in [-0.4, -0.2) is 187 Å². The van der Waals surface area contributed by atoms with E-state index >= 15 is 0 Å². The quantitative estimate of drug-likeness (QED) is 0.147. The fraction of sp³-hybridized carbons (Fsp3) is 1.00. The van der Waals surface area contributed by atoms with Crippen molar-refractivity contribution in [2.75, 3.05) is 19.8 Å². The van der Waals surface area contributed by atoms with Crippen molar-refractivity contribution < 1.29 is 89.0 Å². The van der Waals surface area contributed by atoms with E-state index in [2.05, 4.69) is 27.7 Å². The zero-order valence-electron chi connectivity index (χ0n) is 36.5. The lowest BCUT2D eigenvalue weighted by atomic mass is 9.43. The van der Waals surface area contributed by atoms with Gasteiger partial charge in [0.05, 0.1) is 44.2 Å². The van der Waals surface area contributed by atoms with Gasteiger partial charge in [0.15, 0.2) is 24.7 Å². The normalized spacial score (nSPS) is 60.1. The van der Waals surface area contributed by atoms with E-state index in [1.807, 2.05) is 0 Å². The van der Waals surface area contributed by atoms with E-state index in [0.717, 1.165) is 38.5 Å². The van der Waals surface area contributed by atoms with Crippen LogP contribution < -0.4 is 0 Å². The molecule has 4 saturated carbocycles. The minimum Gasteiger partial charge on any atom is -0.394 e. The SMILES string of the molecule is C[C@H]1CC[C@@]2(OC1)O[C@H]1C[C@H]3[C@@H]4CC[C@@H]5C[C@@H](O)C[C@@H](O[C@@H]6O[C@H](C)[C@@H](O)[C@H](O[C@@H]7OC[C@@H](O)[C@H](O)[C@H]7O)[C@H]6O[C@@H]6O[C@H](CO)C(O)C(O)C6O)[C@]5(C)[C@H]4CC[C@]3(C)[C@@]1(O)[C@@H]2C. The molecule has 0 aromatic heterocycles. The minimum atomic E-state index is -1.84. The largest absolute Gasteiger partial charge is 0.394 e. The van der Waals surface area contributed by atoms with Crippen LogP contribution in [0.4, 0.5) is 0 Å². The molecule has 18 nitrogen and oxygen atoms in total. The number of rotatable bonds is 7. The van der Waals surface area contributed by atoms with E-state index in [4.69, 9.17) is 37.9 Å². The number of hydrogen-bond acceptors (Lipinski definition) is 18. The second kappa shape index (κ2) is 16.8. The van der Waals surface area contributed by atoms with Gasteiger partial charge in [0, 0.05) is 24.2 Å². The maximum absolute atomic E-state index is 13.0. The van der Waals surface area contributed by atoms with Crippen LogP contribution in [0.3, 0.4) is 0 Å². The van der Waals surface area contributed by atoms with Gasteiger partial charge in [0.1, 0.15) is 66.6 Å². The molecule has 5 heterocycles. The van der Waals surface area contributed by atoms with E-state index in [9.17, 15) is 51.1 Å². The Kier molecular flexibility index (Phi) is 12.6. The number of ether oxygens (including phenoxy) is 8. The molecular formula is C44H72O18. The molecule has 10 N–H and O–H groups in total. The van der Waals surface area contributed by atoms with E-state index in [1.165, 1.54) is 0 Å². The van der Waals surface area contributed by atoms with Gasteiger partial charge in [0.2, 0.25) is 0 Å². The number of fused-ring (bicyclic) bond motifs is 7. The van der Waals surface area contributed by atoms with E-state index in [1.54, 1.807) is 6.92 Å². The Morgan fingerprint density at radius 2 is 1.39 bits per heavy atom. The lowest BCUT2D eigenvalue weighted by molar-refractivity contribution is -0.395. The highest BCUT2D eigenvalue weighted by Crippen LogP contribution is 2.73. The van der Waals surface area contributed by atoms with Crippen molar-refractivity contribution in [2.24, 2.45) is 46.3 Å². The highest BCUT2D eigenvalue weighted by molar-refractivity contribution is 5.23. The van der Waals surface area contributed by atoms with Crippen molar-refractivity contribution >= 4 is 0 Å². The van der Waals surface area contributed by atoms with E-state index in [0.29, 0.717) is 25.4 Å². The van der Waals surface area contributed by atoms with Gasteiger partial charge >= 0.3 is 0 Å². The Bertz CT molecular complexity index is 1580. The maximum atomic E-state index is 13.0. The lowest BCUT2D eigenvalue weighted by Crippen LogP contribution is -2.67. The van der Waals surface area contributed by atoms with Crippen molar-refractivity contribution in [3.63, 3.8) is 0 Å². The average Bonchev–Trinajstić information content (AvgIpc) is 3.60. The molecule has 9 aliphatic rings. The highest BCUT2D eigenvalue weighted by atomic mass is 16.8. The first kappa shape index (κ1) is 46.4. The van der Waals surface area contributed by atoms with Gasteiger partial charge in [0.25, 0.3) is 0 Å². The van der Waals surface area contributed by atoms with Gasteiger partial charge in [-0.05, 0) is 86.9 Å². The van der Waals surface area contributed by atoms with Crippen LogP contribution in [0.25, 0.3) is 0 Å². The van der Waals surface area contributed by atoms with E-state index < -0.39 is 134 Å². The first-order valence-electron chi connectivity index (χ1n) is 23.3. The summed E-state index contributed by atoms with van der Waals surface area (Å²) < 4.78 is 50.6. The molecule has 3 unspecified atom stereocenters. The fourth-order valence-corrected chi connectivity index (χ4v) is 14.4. The molecule has 0 aromatic carbocycles. The van der Waals surface area contributed by atoms with Crippen LogP contribution in [0.1, 0.15) is 92.4 Å². The summed E-state index contributed by atoms with van der Waals surface area (Å²) in [4.78, 5) is 0. The van der Waals surface area contributed by atoms with Crippen molar-refractivity contribution in [3.8, 4) is 0 Å². The van der Waals surface area contributed by atoms with E-state index in [-0.39, 0.29) is 42.1 Å². The predicted molar refractivity (Wildman–Crippen MR) is 211 cm³/mol. The van der Waals surface area contributed by atoms with Crippen molar-refractivity contribution in [1.82, 2.24) is 0 Å². The summed E-state index contributed by atoms with van der Waals surface area (Å²) in [7, 11) is 0. The van der Waals surface area contributed by atoms with Crippen LogP contribution in [0.2, 0.25) is 0 Å². The zero-order valence-corrected chi connectivity index (χ0v) is 36.5. The molecule has 356 valence electrons. The van der Waals surface area contributed by atoms with Gasteiger partial charge in [-0.1, -0.05) is 27.7 Å². The second-order valence-corrected chi connectivity index (χ2v) is 21.2. The second-order valence-electron chi connectivity index (χ2n) is 21.2. The number of aliphatic hydroxyl groups is 10. The molecule has 9 rings (SSSR count). The molecule has 0 bridgehead atoms. The standard InChI is InChI=1S/C44H72O18/c1-18-8-11-43(56-16-18)20(3)44(54)29(62-43)14-25-23-7-6-21-12-22(46)13-28(42(21,5)24(23)9-10-41(25,44)4)59-40-37(61-39-35(53)33(51)32(50)27(15-45)58-39)36(30(48)19(2)57-40)60-38-34(52)31(49)26(47)17-55-38/h18-40,45-54H,6-17H2,1-5H3/t18-,19+,20+,21+,22+,23+,24-,25-,26+,27+,28+,29-,30+,31-,32?,33?,34+,35?,36-,37+,38-,39-,40-,41-,42-,43+,44+/m0/s1. The first-order valence-corrected chi connectivity index (χ1v) is 23.3. The summed E-state index contributed by atoms with van der Waals surface area (Å²) >= 11 is 0. The Hall–Kier alpha value is -0.720. The molecule has 5 aliphatic heterocycles. The Labute approximate surface area is 362 Å². The van der Waals surface area contributed by atoms with Crippen LogP contribution in [-0.2, 0) is 37.9 Å². The summed E-state index contributed by atoms with van der Waals surface area (Å²) in [5.74, 6) is -0.0172. The molecule has 4 aliphatic carbocycles.